The van der Waals surface area contributed by atoms with Crippen molar-refractivity contribution in [2.45, 2.75) is 27.7 Å². The Bertz CT molecular complexity index is 703. The van der Waals surface area contributed by atoms with Crippen LogP contribution in [0.3, 0.4) is 0 Å². The number of hydrogen-bond donors (Lipinski definition) is 1. The molecule has 2 rings (SSSR count). The molecule has 1 aromatic carbocycles. The molecule has 0 unspecified atom stereocenters. The van der Waals surface area contributed by atoms with Gasteiger partial charge < -0.3 is 5.73 Å². The average Bonchev–Trinajstić information content (AvgIpc) is 2.39. The number of anilines is 1. The van der Waals surface area contributed by atoms with E-state index in [1.807, 2.05) is 32.9 Å². The standard InChI is InChI=1S/C17H19FN2/c1-9(2)17-12(5)11(4)8-14(20-17)13-7-6-10(3)16(19)15(13)18/h6-8H,1,19H2,2-5H3. The normalized spacial score (nSPS) is 10.7. The number of rotatable bonds is 2. The second-order valence-corrected chi connectivity index (χ2v) is 5.24. The number of allylic oxidation sites excluding steroid dienone is 1. The molecule has 104 valence electrons. The summed E-state index contributed by atoms with van der Waals surface area (Å²) in [6.45, 7) is 11.6. The second kappa shape index (κ2) is 5.08. The minimum Gasteiger partial charge on any atom is -0.396 e. The Hall–Kier alpha value is -2.16. The quantitative estimate of drug-likeness (QED) is 0.820. The fraction of sp³-hybridized carbons (Fsp3) is 0.235. The number of halogens is 1. The van der Waals surface area contributed by atoms with Crippen molar-refractivity contribution in [1.82, 2.24) is 4.98 Å². The molecule has 1 heterocycles. The van der Waals surface area contributed by atoms with E-state index in [0.29, 0.717) is 11.3 Å². The number of hydrogen-bond acceptors (Lipinski definition) is 2. The topological polar surface area (TPSA) is 38.9 Å². The predicted molar refractivity (Wildman–Crippen MR) is 83.0 cm³/mol. The van der Waals surface area contributed by atoms with E-state index in [0.717, 1.165) is 28.0 Å². The summed E-state index contributed by atoms with van der Waals surface area (Å²) >= 11 is 0. The first kappa shape index (κ1) is 14.3. The lowest BCUT2D eigenvalue weighted by atomic mass is 10.00. The van der Waals surface area contributed by atoms with Gasteiger partial charge in [-0.3, -0.25) is 0 Å². The van der Waals surface area contributed by atoms with Crippen LogP contribution in [0.5, 0.6) is 0 Å². The van der Waals surface area contributed by atoms with Crippen molar-refractivity contribution in [3.63, 3.8) is 0 Å². The summed E-state index contributed by atoms with van der Waals surface area (Å²) in [5.41, 5.74) is 11.5. The molecule has 0 aliphatic carbocycles. The molecule has 0 saturated heterocycles. The molecule has 0 bridgehead atoms. The van der Waals surface area contributed by atoms with Gasteiger partial charge in [-0.2, -0.15) is 0 Å². The number of nitrogens with two attached hydrogens (primary N) is 1. The molecule has 0 amide bonds. The van der Waals surface area contributed by atoms with Gasteiger partial charge in [0.05, 0.1) is 17.1 Å². The zero-order chi connectivity index (χ0) is 15.0. The third kappa shape index (κ3) is 2.31. The van der Waals surface area contributed by atoms with Crippen molar-refractivity contribution in [3.05, 3.63) is 53.0 Å². The highest BCUT2D eigenvalue weighted by Crippen LogP contribution is 2.30. The van der Waals surface area contributed by atoms with Crippen molar-refractivity contribution in [2.75, 3.05) is 5.73 Å². The van der Waals surface area contributed by atoms with Crippen molar-refractivity contribution in [1.29, 1.82) is 0 Å². The van der Waals surface area contributed by atoms with E-state index in [-0.39, 0.29) is 5.69 Å². The third-order valence-corrected chi connectivity index (χ3v) is 3.61. The monoisotopic (exact) mass is 270 g/mol. The number of benzene rings is 1. The van der Waals surface area contributed by atoms with Crippen LogP contribution in [0.4, 0.5) is 10.1 Å². The Labute approximate surface area is 119 Å². The summed E-state index contributed by atoms with van der Waals surface area (Å²) in [5.74, 6) is -0.409. The van der Waals surface area contributed by atoms with Crippen molar-refractivity contribution >= 4 is 11.3 Å². The van der Waals surface area contributed by atoms with Gasteiger partial charge in [0.15, 0.2) is 5.82 Å². The Kier molecular flexibility index (Phi) is 3.62. The van der Waals surface area contributed by atoms with Gasteiger partial charge in [0.25, 0.3) is 0 Å². The lowest BCUT2D eigenvalue weighted by Crippen LogP contribution is -2.01. The molecule has 0 atom stereocenters. The van der Waals surface area contributed by atoms with Crippen LogP contribution < -0.4 is 5.73 Å². The number of aryl methyl sites for hydroxylation is 2. The fourth-order valence-corrected chi connectivity index (χ4v) is 2.18. The predicted octanol–water partition coefficient (Wildman–Crippen LogP) is 4.43. The first-order valence-electron chi connectivity index (χ1n) is 6.52. The molecule has 20 heavy (non-hydrogen) atoms. The molecule has 0 fully saturated rings. The van der Waals surface area contributed by atoms with Crippen molar-refractivity contribution < 1.29 is 4.39 Å². The highest BCUT2D eigenvalue weighted by atomic mass is 19.1. The molecule has 2 N–H and O–H groups in total. The number of nitrogens with zero attached hydrogens (tertiary/aromatic N) is 1. The zero-order valence-corrected chi connectivity index (χ0v) is 12.3. The Morgan fingerprint density at radius 1 is 1.20 bits per heavy atom. The minimum atomic E-state index is -0.409. The van der Waals surface area contributed by atoms with E-state index in [9.17, 15) is 4.39 Å². The van der Waals surface area contributed by atoms with E-state index >= 15 is 0 Å². The van der Waals surface area contributed by atoms with E-state index < -0.39 is 5.82 Å². The van der Waals surface area contributed by atoms with Crippen LogP contribution >= 0.6 is 0 Å². The molecular formula is C17H19FN2. The van der Waals surface area contributed by atoms with Gasteiger partial charge in [0.2, 0.25) is 0 Å². The van der Waals surface area contributed by atoms with E-state index in [4.69, 9.17) is 5.73 Å². The minimum absolute atomic E-state index is 0.180. The molecule has 0 aliphatic rings. The molecule has 0 radical (unpaired) electrons. The third-order valence-electron chi connectivity index (χ3n) is 3.61. The molecule has 2 nitrogen and oxygen atoms in total. The lowest BCUT2D eigenvalue weighted by molar-refractivity contribution is 0.634. The summed E-state index contributed by atoms with van der Waals surface area (Å²) in [7, 11) is 0. The van der Waals surface area contributed by atoms with E-state index in [1.165, 1.54) is 0 Å². The maximum atomic E-state index is 14.3. The van der Waals surface area contributed by atoms with Crippen LogP contribution in [0.25, 0.3) is 16.8 Å². The summed E-state index contributed by atoms with van der Waals surface area (Å²) in [5, 5.41) is 0. The van der Waals surface area contributed by atoms with Crippen LogP contribution in [0, 0.1) is 26.6 Å². The molecule has 3 heteroatoms. The molecule has 0 spiro atoms. The first-order chi connectivity index (χ1) is 9.32. The van der Waals surface area contributed by atoms with Gasteiger partial charge in [-0.25, -0.2) is 9.37 Å². The highest BCUT2D eigenvalue weighted by molar-refractivity contribution is 5.71. The van der Waals surface area contributed by atoms with Gasteiger partial charge in [-0.1, -0.05) is 12.6 Å². The lowest BCUT2D eigenvalue weighted by Gasteiger charge is -2.13. The smallest absolute Gasteiger partial charge is 0.155 e. The summed E-state index contributed by atoms with van der Waals surface area (Å²) in [6, 6.07) is 5.42. The maximum absolute atomic E-state index is 14.3. The Morgan fingerprint density at radius 3 is 2.45 bits per heavy atom. The highest BCUT2D eigenvalue weighted by Gasteiger charge is 2.14. The zero-order valence-electron chi connectivity index (χ0n) is 12.3. The van der Waals surface area contributed by atoms with Gasteiger partial charge in [0.1, 0.15) is 0 Å². The molecule has 1 aromatic heterocycles. The molecule has 0 saturated carbocycles. The largest absolute Gasteiger partial charge is 0.396 e. The van der Waals surface area contributed by atoms with Gasteiger partial charge >= 0.3 is 0 Å². The van der Waals surface area contributed by atoms with Gasteiger partial charge in [-0.05, 0) is 62.1 Å². The average molecular weight is 270 g/mol. The Morgan fingerprint density at radius 2 is 1.85 bits per heavy atom. The number of pyridine rings is 1. The fourth-order valence-electron chi connectivity index (χ4n) is 2.18. The molecular weight excluding hydrogens is 251 g/mol. The molecule has 2 aromatic rings. The maximum Gasteiger partial charge on any atom is 0.155 e. The summed E-state index contributed by atoms with van der Waals surface area (Å²) in [4.78, 5) is 4.54. The van der Waals surface area contributed by atoms with E-state index in [1.54, 1.807) is 13.0 Å². The van der Waals surface area contributed by atoms with Crippen molar-refractivity contribution in [2.24, 2.45) is 0 Å². The van der Waals surface area contributed by atoms with Crippen LogP contribution in [-0.4, -0.2) is 4.98 Å². The number of nitrogen functional groups attached to an aromatic ring is 1. The van der Waals surface area contributed by atoms with E-state index in [2.05, 4.69) is 11.6 Å². The summed E-state index contributed by atoms with van der Waals surface area (Å²) < 4.78 is 14.3. The van der Waals surface area contributed by atoms with Crippen molar-refractivity contribution in [3.8, 4) is 11.3 Å². The van der Waals surface area contributed by atoms with Crippen LogP contribution in [0.1, 0.15) is 29.3 Å². The first-order valence-corrected chi connectivity index (χ1v) is 6.52. The van der Waals surface area contributed by atoms with Gasteiger partial charge in [0, 0.05) is 5.56 Å². The van der Waals surface area contributed by atoms with Crippen LogP contribution in [0.15, 0.2) is 24.8 Å². The summed E-state index contributed by atoms with van der Waals surface area (Å²) in [6.07, 6.45) is 0. The van der Waals surface area contributed by atoms with Crippen LogP contribution in [-0.2, 0) is 0 Å². The van der Waals surface area contributed by atoms with Gasteiger partial charge in [-0.15, -0.1) is 0 Å². The Balaban J connectivity index is 2.71. The SMILES string of the molecule is C=C(C)c1nc(-c2ccc(C)c(N)c2F)cc(C)c1C. The second-order valence-electron chi connectivity index (χ2n) is 5.24. The number of aromatic nitrogens is 1. The van der Waals surface area contributed by atoms with Crippen LogP contribution in [0.2, 0.25) is 0 Å². The molecule has 0 aliphatic heterocycles.